The van der Waals surface area contributed by atoms with E-state index >= 15 is 0 Å². The number of hydrogen-bond acceptors (Lipinski definition) is 3. The normalized spacial score (nSPS) is 13.4. The molecule has 0 aromatic heterocycles. The third kappa shape index (κ3) is 5.18. The lowest BCUT2D eigenvalue weighted by molar-refractivity contribution is -0.164. The van der Waals surface area contributed by atoms with Crippen LogP contribution in [0.1, 0.15) is 0 Å². The zero-order valence-electron chi connectivity index (χ0n) is 9.53. The van der Waals surface area contributed by atoms with Gasteiger partial charge in [-0.3, -0.25) is 0 Å². The fourth-order valence-corrected chi connectivity index (χ4v) is 1.25. The maximum absolute atomic E-state index is 13.3. The Balaban J connectivity index is 2.78. The molecular weight excluding hydrogens is 324 g/mol. The van der Waals surface area contributed by atoms with Crippen molar-refractivity contribution in [3.05, 3.63) is 24.3 Å². The van der Waals surface area contributed by atoms with E-state index in [0.29, 0.717) is 0 Å². The van der Waals surface area contributed by atoms with Gasteiger partial charge in [0.2, 0.25) is 4.84 Å². The van der Waals surface area contributed by atoms with Gasteiger partial charge in [0.1, 0.15) is 12.7 Å². The summed E-state index contributed by atoms with van der Waals surface area (Å²) in [6.07, 6.45) is -4.67. The first-order valence-electron chi connectivity index (χ1n) is 5.17. The van der Waals surface area contributed by atoms with Crippen LogP contribution >= 0.6 is 34.8 Å². The summed E-state index contributed by atoms with van der Waals surface area (Å²) in [4.78, 5) is -2.02. The molecule has 0 amide bonds. The van der Waals surface area contributed by atoms with Gasteiger partial charge in [-0.1, -0.05) is 35.3 Å². The number of aliphatic hydroxyl groups is 1. The van der Waals surface area contributed by atoms with Gasteiger partial charge in [-0.05, 0) is 12.1 Å². The highest BCUT2D eigenvalue weighted by Gasteiger charge is 2.40. The zero-order chi connectivity index (χ0) is 14.5. The third-order valence-corrected chi connectivity index (χ3v) is 2.82. The molecule has 0 saturated heterocycles. The summed E-state index contributed by atoms with van der Waals surface area (Å²) in [7, 11) is 0. The van der Waals surface area contributed by atoms with Crippen molar-refractivity contribution in [2.75, 3.05) is 12.5 Å². The summed E-state index contributed by atoms with van der Waals surface area (Å²) in [5.74, 6) is -0.245. The van der Waals surface area contributed by atoms with E-state index in [1.807, 2.05) is 0 Å². The largest absolute Gasteiger partial charge is 0.487 e. The van der Waals surface area contributed by atoms with Crippen LogP contribution in [0.2, 0.25) is 0 Å². The Bertz CT molecular complexity index is 405. The molecular formula is C11H11Cl3F2O3. The number of hydrogen-bond donors (Lipinski definition) is 1. The molecule has 0 radical (unpaired) electrons. The summed E-state index contributed by atoms with van der Waals surface area (Å²) >= 11 is 15.6. The quantitative estimate of drug-likeness (QED) is 0.776. The predicted molar refractivity (Wildman–Crippen MR) is 69.7 cm³/mol. The van der Waals surface area contributed by atoms with Crippen molar-refractivity contribution in [1.29, 1.82) is 0 Å². The Morgan fingerprint density at radius 3 is 2.32 bits per heavy atom. The van der Waals surface area contributed by atoms with Crippen LogP contribution in [0.15, 0.2) is 24.3 Å². The number of alkyl halides is 5. The van der Waals surface area contributed by atoms with E-state index in [1.54, 1.807) is 6.07 Å². The van der Waals surface area contributed by atoms with E-state index in [-0.39, 0.29) is 24.0 Å². The molecule has 1 aromatic carbocycles. The maximum Gasteiger partial charge on any atom is 0.428 e. The van der Waals surface area contributed by atoms with E-state index in [2.05, 4.69) is 4.74 Å². The fourth-order valence-electron chi connectivity index (χ4n) is 1.08. The summed E-state index contributed by atoms with van der Waals surface area (Å²) in [6, 6.07) is 5.72. The number of rotatable bonds is 7. The monoisotopic (exact) mass is 334 g/mol. The minimum absolute atomic E-state index is 0.0281. The molecule has 8 heteroatoms. The molecule has 0 aliphatic rings. The predicted octanol–water partition coefficient (Wildman–Crippen LogP) is 3.44. The second-order valence-electron chi connectivity index (χ2n) is 3.53. The van der Waals surface area contributed by atoms with Crippen LogP contribution in [-0.2, 0) is 0 Å². The first kappa shape index (κ1) is 16.6. The van der Waals surface area contributed by atoms with Gasteiger partial charge in [-0.15, -0.1) is 11.6 Å². The second-order valence-corrected chi connectivity index (χ2v) is 4.94. The van der Waals surface area contributed by atoms with Crippen molar-refractivity contribution >= 4 is 34.8 Å². The molecule has 0 heterocycles. The van der Waals surface area contributed by atoms with Gasteiger partial charge in [0.05, 0.1) is 5.88 Å². The molecule has 0 bridgehead atoms. The highest BCUT2D eigenvalue weighted by Crippen LogP contribution is 2.35. The average molecular weight is 336 g/mol. The first-order valence-corrected chi connectivity index (χ1v) is 6.58. The summed E-state index contributed by atoms with van der Waals surface area (Å²) in [5.41, 5.74) is 0. The lowest BCUT2D eigenvalue weighted by atomic mass is 10.3. The van der Waals surface area contributed by atoms with Crippen molar-refractivity contribution in [2.45, 2.75) is 17.0 Å². The lowest BCUT2D eigenvalue weighted by Crippen LogP contribution is -2.32. The van der Waals surface area contributed by atoms with Crippen LogP contribution in [0, 0.1) is 0 Å². The number of ether oxygens (including phenoxy) is 2. The Hall–Kier alpha value is -0.490. The van der Waals surface area contributed by atoms with Crippen LogP contribution in [0.5, 0.6) is 11.5 Å². The zero-order valence-corrected chi connectivity index (χ0v) is 11.8. The van der Waals surface area contributed by atoms with E-state index in [4.69, 9.17) is 39.5 Å². The number of benzene rings is 1. The highest BCUT2D eigenvalue weighted by molar-refractivity contribution is 6.44. The van der Waals surface area contributed by atoms with Crippen molar-refractivity contribution in [2.24, 2.45) is 0 Å². The molecule has 3 nitrogen and oxygen atoms in total. The molecule has 108 valence electrons. The minimum Gasteiger partial charge on any atom is -0.487 e. The molecule has 0 aliphatic heterocycles. The number of para-hydroxylation sites is 2. The van der Waals surface area contributed by atoms with Gasteiger partial charge >= 0.3 is 6.11 Å². The van der Waals surface area contributed by atoms with Gasteiger partial charge in [0, 0.05) is 0 Å². The van der Waals surface area contributed by atoms with Crippen LogP contribution in [0.3, 0.4) is 0 Å². The highest BCUT2D eigenvalue weighted by atomic mass is 35.5. The molecule has 1 aromatic rings. The Labute approximate surface area is 124 Å². The molecule has 0 saturated carbocycles. The van der Waals surface area contributed by atoms with Crippen molar-refractivity contribution in [3.8, 4) is 11.5 Å². The molecule has 0 aliphatic carbocycles. The van der Waals surface area contributed by atoms with Gasteiger partial charge < -0.3 is 14.6 Å². The molecule has 1 N–H and O–H groups in total. The standard InChI is InChI=1S/C11H11Cl3F2O3/c12-5-7(17)6-18-8-3-1-2-4-9(8)19-11(15,16)10(13)14/h1-4,7,10,17H,5-6H2. The Kier molecular flexibility index (Phi) is 6.39. The third-order valence-electron chi connectivity index (χ3n) is 1.96. The lowest BCUT2D eigenvalue weighted by Gasteiger charge is -2.20. The molecule has 1 rings (SSSR count). The number of aliphatic hydroxyl groups excluding tert-OH is 1. The average Bonchev–Trinajstić information content (AvgIpc) is 2.36. The minimum atomic E-state index is -3.76. The van der Waals surface area contributed by atoms with E-state index in [9.17, 15) is 13.9 Å². The fraction of sp³-hybridized carbons (Fsp3) is 0.455. The van der Waals surface area contributed by atoms with Crippen molar-refractivity contribution < 1.29 is 23.4 Å². The van der Waals surface area contributed by atoms with E-state index in [0.717, 1.165) is 0 Å². The van der Waals surface area contributed by atoms with Crippen LogP contribution in [0.25, 0.3) is 0 Å². The Morgan fingerprint density at radius 2 is 1.79 bits per heavy atom. The van der Waals surface area contributed by atoms with Crippen LogP contribution < -0.4 is 9.47 Å². The molecule has 1 atom stereocenters. The van der Waals surface area contributed by atoms with Gasteiger partial charge in [-0.25, -0.2) is 0 Å². The SMILES string of the molecule is OC(CCl)COc1ccccc1OC(F)(F)C(Cl)Cl. The van der Waals surface area contributed by atoms with E-state index in [1.165, 1.54) is 18.2 Å². The smallest absolute Gasteiger partial charge is 0.428 e. The summed E-state index contributed by atoms with van der Waals surface area (Å²) < 4.78 is 36.1. The van der Waals surface area contributed by atoms with Crippen LogP contribution in [0.4, 0.5) is 8.78 Å². The van der Waals surface area contributed by atoms with Crippen molar-refractivity contribution in [3.63, 3.8) is 0 Å². The van der Waals surface area contributed by atoms with Crippen molar-refractivity contribution in [1.82, 2.24) is 0 Å². The van der Waals surface area contributed by atoms with E-state index < -0.39 is 17.0 Å². The van der Waals surface area contributed by atoms with Gasteiger partial charge in [-0.2, -0.15) is 8.78 Å². The molecule has 19 heavy (non-hydrogen) atoms. The summed E-state index contributed by atoms with van der Waals surface area (Å²) in [5, 5.41) is 9.24. The molecule has 1 unspecified atom stereocenters. The molecule has 0 fully saturated rings. The Morgan fingerprint density at radius 1 is 1.21 bits per heavy atom. The first-order chi connectivity index (χ1) is 8.86. The second kappa shape index (κ2) is 7.33. The topological polar surface area (TPSA) is 38.7 Å². The van der Waals surface area contributed by atoms with Crippen LogP contribution in [-0.4, -0.2) is 34.6 Å². The van der Waals surface area contributed by atoms with Gasteiger partial charge in [0.15, 0.2) is 11.5 Å². The number of halogens is 5. The van der Waals surface area contributed by atoms with Gasteiger partial charge in [0.25, 0.3) is 0 Å². The molecule has 0 spiro atoms. The summed E-state index contributed by atoms with van der Waals surface area (Å²) in [6.45, 7) is -0.152. The maximum atomic E-state index is 13.3.